The number of piperazine rings is 1. The summed E-state index contributed by atoms with van der Waals surface area (Å²) < 4.78 is 11.4. The summed E-state index contributed by atoms with van der Waals surface area (Å²) in [5.74, 6) is -10.1. The average molecular weight is 1360 g/mol. The topological polar surface area (TPSA) is 304 Å². The van der Waals surface area contributed by atoms with Crippen molar-refractivity contribution in [1.29, 1.82) is 0 Å². The van der Waals surface area contributed by atoms with Gasteiger partial charge >= 0.3 is 0 Å². The maximum atomic E-state index is 15.3. The van der Waals surface area contributed by atoms with Gasteiger partial charge in [0.1, 0.15) is 66.5 Å². The van der Waals surface area contributed by atoms with Crippen LogP contribution in [0.2, 0.25) is 0 Å². The van der Waals surface area contributed by atoms with Gasteiger partial charge in [0.2, 0.25) is 65.0 Å². The van der Waals surface area contributed by atoms with E-state index >= 15 is 33.6 Å². The Kier molecular flexibility index (Phi) is 35.7. The summed E-state index contributed by atoms with van der Waals surface area (Å²) in [5, 5.41) is 23.4. The van der Waals surface area contributed by atoms with Crippen molar-refractivity contribution in [3.05, 3.63) is 12.2 Å². The van der Waals surface area contributed by atoms with E-state index in [1.54, 1.807) is 61.7 Å². The maximum absolute atomic E-state index is 15.3. The summed E-state index contributed by atoms with van der Waals surface area (Å²) in [6, 6.07) is -14.3. The summed E-state index contributed by atoms with van der Waals surface area (Å²) in [6.45, 7) is 31.6. The molecule has 14 atom stereocenters. The molecule has 0 aromatic rings. The molecule has 27 nitrogen and oxygen atoms in total. The van der Waals surface area contributed by atoms with Crippen molar-refractivity contribution in [3.63, 3.8) is 0 Å². The molecule has 0 spiro atoms. The van der Waals surface area contributed by atoms with E-state index < -0.39 is 161 Å². The Balaban J connectivity index is 3.07. The number of ether oxygens (including phenoxy) is 2. The molecule has 2 saturated heterocycles. The first-order valence-corrected chi connectivity index (χ1v) is 34.5. The second-order valence-electron chi connectivity index (χ2n) is 28.7. The third kappa shape index (κ3) is 23.4. The molecule has 2 fully saturated rings. The molecule has 0 radical (unpaired) electrons. The van der Waals surface area contributed by atoms with Gasteiger partial charge in [-0.3, -0.25) is 62.5 Å². The van der Waals surface area contributed by atoms with Crippen LogP contribution >= 0.6 is 0 Å². The molecule has 0 aromatic carbocycles. The van der Waals surface area contributed by atoms with Crippen LogP contribution in [-0.4, -0.2) is 302 Å². The molecular weight excluding hydrogens is 1230 g/mol. The molecule has 2 heterocycles. The van der Waals surface area contributed by atoms with Gasteiger partial charge in [-0.25, -0.2) is 0 Å². The van der Waals surface area contributed by atoms with Crippen LogP contribution in [0.3, 0.4) is 0 Å². The Bertz CT molecular complexity index is 2620. The van der Waals surface area contributed by atoms with Crippen LogP contribution in [0, 0.1) is 35.5 Å². The fourth-order valence-corrected chi connectivity index (χ4v) is 12.6. The van der Waals surface area contributed by atoms with Crippen molar-refractivity contribution in [2.75, 3.05) is 109 Å². The molecule has 27 heteroatoms. The molecule has 0 bridgehead atoms. The molecule has 0 aliphatic carbocycles. The van der Waals surface area contributed by atoms with Gasteiger partial charge in [0.25, 0.3) is 0 Å². The van der Waals surface area contributed by atoms with Gasteiger partial charge < -0.3 is 70.1 Å². The third-order valence-electron chi connectivity index (χ3n) is 19.0. The zero-order valence-electron chi connectivity index (χ0n) is 62.9. The highest BCUT2D eigenvalue weighted by Gasteiger charge is 2.47. The molecule has 11 amide bonds. The van der Waals surface area contributed by atoms with Crippen LogP contribution in [-0.2, 0) is 62.2 Å². The van der Waals surface area contributed by atoms with E-state index in [1.165, 1.54) is 102 Å². The Labute approximate surface area is 574 Å². The number of hydrogen-bond acceptors (Lipinski definition) is 16. The fraction of sp³-hybridized carbons (Fsp3) is 0.812. The number of aliphatic hydroxyl groups excluding tert-OH is 1. The lowest BCUT2D eigenvalue weighted by Gasteiger charge is -2.42. The summed E-state index contributed by atoms with van der Waals surface area (Å²) in [4.78, 5) is 177. The predicted molar refractivity (Wildman–Crippen MR) is 369 cm³/mol. The predicted octanol–water partition coefficient (Wildman–Crippen LogP) is 1.89. The van der Waals surface area contributed by atoms with Gasteiger partial charge in [-0.1, -0.05) is 95.2 Å². The number of aliphatic hydroxyl groups is 1. The zero-order valence-corrected chi connectivity index (χ0v) is 62.9. The smallest absolute Gasteiger partial charge is 0.246 e. The normalized spacial score (nSPS) is 27.6. The van der Waals surface area contributed by atoms with Crippen molar-refractivity contribution in [2.45, 2.75) is 222 Å². The van der Waals surface area contributed by atoms with Crippen molar-refractivity contribution in [1.82, 2.24) is 65.4 Å². The lowest BCUT2D eigenvalue weighted by Crippen LogP contribution is -2.65. The van der Waals surface area contributed by atoms with E-state index in [4.69, 9.17) is 9.47 Å². The number of likely N-dealkylation sites (N-methyl/N-ethyl adjacent to an activating group) is 7. The summed E-state index contributed by atoms with van der Waals surface area (Å²) in [7, 11) is 13.0. The van der Waals surface area contributed by atoms with E-state index in [-0.39, 0.29) is 50.0 Å². The van der Waals surface area contributed by atoms with Gasteiger partial charge in [0.05, 0.1) is 18.8 Å². The Morgan fingerprint density at radius 2 is 0.948 bits per heavy atom. The second-order valence-corrected chi connectivity index (χ2v) is 28.7. The number of allylic oxidation sites excluding steroid dienone is 2. The van der Waals surface area contributed by atoms with E-state index in [0.29, 0.717) is 39.2 Å². The number of hydrogen-bond donors (Lipinski definition) is 5. The molecular formula is C69H125N13O14. The first kappa shape index (κ1) is 85.8. The number of amides is 11. The minimum atomic E-state index is -1.65. The van der Waals surface area contributed by atoms with Crippen LogP contribution in [0.4, 0.5) is 0 Å². The second kappa shape index (κ2) is 39.9. The summed E-state index contributed by atoms with van der Waals surface area (Å²) in [6.07, 6.45) is 1.73. The Morgan fingerprint density at radius 1 is 0.490 bits per heavy atom. The number of nitrogens with zero attached hydrogens (tertiary/aromatic N) is 9. The number of nitrogens with one attached hydrogen (secondary N) is 4. The minimum Gasteiger partial charge on any atom is -0.390 e. The van der Waals surface area contributed by atoms with Gasteiger partial charge in [0, 0.05) is 103 Å². The third-order valence-corrected chi connectivity index (χ3v) is 19.0. The SMILES string of the molecule is C/C=C/C[C@@H](C)[C@@H](O)[C@H]1C(=O)N[C@@H](CC)C(=O)N(C)[C@H](C)C(=O)N(C)[C@@H]([C@H](CN2CCN(CCOC)CC2)OC)C(=O)N[C@@H](C(C)C)C(=O)N(C)[C@@H](CC(C)C)C(=O)N[C@@H](C)C(=O)N[C@H](C)C(=O)N(C)[C@@H](CC(C)C)C(=O)N(C)[C@@H](CC(C)C)C(=O)N(C)[C@@H](C(C)C)C(=O)N1C. The number of carbonyl (C=O) groups excluding carboxylic acids is 11. The average Bonchev–Trinajstić information content (AvgIpc) is 0.813. The molecule has 2 rings (SSSR count). The Morgan fingerprint density at radius 3 is 1.43 bits per heavy atom. The number of methoxy groups -OCH3 is 2. The molecule has 550 valence electrons. The van der Waals surface area contributed by atoms with Crippen molar-refractivity contribution in [3.8, 4) is 0 Å². The fourth-order valence-electron chi connectivity index (χ4n) is 12.6. The van der Waals surface area contributed by atoms with Crippen LogP contribution in [0.15, 0.2) is 12.2 Å². The van der Waals surface area contributed by atoms with Gasteiger partial charge in [-0.2, -0.15) is 0 Å². The summed E-state index contributed by atoms with van der Waals surface area (Å²) >= 11 is 0. The van der Waals surface area contributed by atoms with Crippen LogP contribution in [0.1, 0.15) is 143 Å². The highest BCUT2D eigenvalue weighted by Crippen LogP contribution is 2.26. The molecule has 2 aliphatic heterocycles. The zero-order chi connectivity index (χ0) is 73.7. The molecule has 5 N–H and O–H groups in total. The summed E-state index contributed by atoms with van der Waals surface area (Å²) in [5.41, 5.74) is 0. The van der Waals surface area contributed by atoms with Crippen molar-refractivity contribution >= 4 is 65.0 Å². The molecule has 0 saturated carbocycles. The van der Waals surface area contributed by atoms with Crippen LogP contribution < -0.4 is 21.3 Å². The van der Waals surface area contributed by atoms with Gasteiger partial charge in [-0.15, -0.1) is 0 Å². The van der Waals surface area contributed by atoms with Crippen molar-refractivity contribution in [2.24, 2.45) is 35.5 Å². The maximum Gasteiger partial charge on any atom is 0.246 e. The molecule has 0 unspecified atom stereocenters. The Hall–Kier alpha value is -6.29. The van der Waals surface area contributed by atoms with Crippen LogP contribution in [0.25, 0.3) is 0 Å². The number of rotatable bonds is 20. The minimum absolute atomic E-state index is 0.0150. The molecule has 0 aromatic heterocycles. The van der Waals surface area contributed by atoms with E-state index in [9.17, 15) is 24.3 Å². The van der Waals surface area contributed by atoms with E-state index in [1.807, 2.05) is 47.6 Å². The first-order valence-electron chi connectivity index (χ1n) is 34.5. The number of carbonyl (C=O) groups is 11. The standard InChI is InChI=1S/C69H125N13O14/c1-26-28-29-45(13)58(83)57-62(87)72-49(27-2)65(90)74(17)48(16)64(89)79(22)56(53(96-25)39-82-32-30-81(31-33-82)34-35-95-24)61(86)73-54(43(9)10)68(93)75(18)50(36-40(3)4)60(85)70-46(14)59(84)71-47(15)63(88)76(19)51(37-41(5)6)66(91)77(20)52(38-42(7)8)67(92)78(21)55(44(11)12)69(94)80(57)23/h26,28,40-58,83H,27,29-39H2,1-25H3,(H,70,85)(H,71,84)(H,72,87)(H,73,86)/b28-26+/t45-,46+,47-,48-,49+,50+,51+,52+,53+,54+,55+,56+,57+,58-/m1/s1. The first-order chi connectivity index (χ1) is 44.7. The van der Waals surface area contributed by atoms with Gasteiger partial charge in [-0.05, 0) is 95.3 Å². The van der Waals surface area contributed by atoms with E-state index in [2.05, 4.69) is 31.1 Å². The largest absolute Gasteiger partial charge is 0.390 e. The highest BCUT2D eigenvalue weighted by atomic mass is 16.5. The molecule has 2 aliphatic rings. The van der Waals surface area contributed by atoms with Gasteiger partial charge in [0.15, 0.2) is 0 Å². The molecule has 96 heavy (non-hydrogen) atoms. The monoisotopic (exact) mass is 1360 g/mol. The lowest BCUT2D eigenvalue weighted by molar-refractivity contribution is -0.157. The van der Waals surface area contributed by atoms with Crippen LogP contribution in [0.5, 0.6) is 0 Å². The lowest BCUT2D eigenvalue weighted by atomic mass is 9.91. The van der Waals surface area contributed by atoms with E-state index in [0.717, 1.165) is 16.3 Å². The van der Waals surface area contributed by atoms with Crippen molar-refractivity contribution < 1.29 is 67.3 Å². The quantitative estimate of drug-likeness (QED) is 0.109. The highest BCUT2D eigenvalue weighted by molar-refractivity contribution is 6.00.